The lowest BCUT2D eigenvalue weighted by atomic mass is 10.2. The fourth-order valence-corrected chi connectivity index (χ4v) is 2.61. The molecule has 1 heterocycles. The summed E-state index contributed by atoms with van der Waals surface area (Å²) in [5.41, 5.74) is 0.224. The number of ether oxygens (including phenoxy) is 1. The molecule has 22 heavy (non-hydrogen) atoms. The number of urea groups is 1. The van der Waals surface area contributed by atoms with Crippen LogP contribution < -0.4 is 10.6 Å². The zero-order chi connectivity index (χ0) is 16.1. The Bertz CT molecular complexity index is 566. The Morgan fingerprint density at radius 2 is 2.05 bits per heavy atom. The number of carbonyl (C=O) groups excluding carboxylic acids is 3. The second-order valence-electron chi connectivity index (χ2n) is 5.22. The van der Waals surface area contributed by atoms with Crippen LogP contribution in [0.4, 0.5) is 4.79 Å². The summed E-state index contributed by atoms with van der Waals surface area (Å²) in [6.07, 6.45) is 4.53. The molecular weight excluding hydrogens is 354 g/mol. The molecule has 1 saturated carbocycles. The fourth-order valence-electron chi connectivity index (χ4n) is 2.27. The quantitative estimate of drug-likeness (QED) is 0.705. The highest BCUT2D eigenvalue weighted by Crippen LogP contribution is 2.17. The van der Waals surface area contributed by atoms with E-state index in [1.807, 2.05) is 0 Å². The number of rotatable bonds is 4. The Balaban J connectivity index is 1.78. The number of amides is 3. The van der Waals surface area contributed by atoms with E-state index in [2.05, 4.69) is 31.5 Å². The minimum Gasteiger partial charge on any atom is -0.448 e. The number of halogens is 1. The third-order valence-electron chi connectivity index (χ3n) is 3.45. The highest BCUT2D eigenvalue weighted by atomic mass is 79.9. The highest BCUT2D eigenvalue weighted by molar-refractivity contribution is 9.10. The number of carbonyl (C=O) groups is 3. The normalized spacial score (nSPS) is 16.1. The summed E-state index contributed by atoms with van der Waals surface area (Å²) in [4.78, 5) is 38.0. The van der Waals surface area contributed by atoms with E-state index in [0.29, 0.717) is 4.47 Å². The molecule has 1 aromatic heterocycles. The standard InChI is InChI=1S/C14H18BrN3O4/c1-8(22-13(20)11-6-9(15)7-16-11)12(19)18-14(21)17-10-4-2-3-5-10/h6-8,10,16H,2-5H2,1H3,(H2,17,18,19,21). The summed E-state index contributed by atoms with van der Waals surface area (Å²) < 4.78 is 5.70. The van der Waals surface area contributed by atoms with Crippen molar-refractivity contribution in [1.29, 1.82) is 0 Å². The van der Waals surface area contributed by atoms with Gasteiger partial charge in [-0.2, -0.15) is 0 Å². The number of H-pyrrole nitrogens is 1. The van der Waals surface area contributed by atoms with Crippen molar-refractivity contribution in [3.63, 3.8) is 0 Å². The van der Waals surface area contributed by atoms with Gasteiger partial charge in [0.1, 0.15) is 5.69 Å². The first-order chi connectivity index (χ1) is 10.5. The zero-order valence-corrected chi connectivity index (χ0v) is 13.7. The third kappa shape index (κ3) is 4.59. The van der Waals surface area contributed by atoms with E-state index < -0.39 is 24.0 Å². The Morgan fingerprint density at radius 3 is 2.64 bits per heavy atom. The third-order valence-corrected chi connectivity index (χ3v) is 3.91. The molecule has 1 aliphatic rings. The topological polar surface area (TPSA) is 100 Å². The average Bonchev–Trinajstić information content (AvgIpc) is 3.10. The van der Waals surface area contributed by atoms with Gasteiger partial charge in [0.25, 0.3) is 5.91 Å². The van der Waals surface area contributed by atoms with Gasteiger partial charge in [-0.3, -0.25) is 10.1 Å². The van der Waals surface area contributed by atoms with Crippen LogP contribution in [0.1, 0.15) is 43.1 Å². The minimum atomic E-state index is -1.07. The van der Waals surface area contributed by atoms with Gasteiger partial charge in [0.05, 0.1) is 0 Å². The van der Waals surface area contributed by atoms with Crippen LogP contribution >= 0.6 is 15.9 Å². The van der Waals surface area contributed by atoms with Crippen molar-refractivity contribution in [2.45, 2.75) is 44.8 Å². The van der Waals surface area contributed by atoms with Crippen molar-refractivity contribution < 1.29 is 19.1 Å². The number of esters is 1. The summed E-state index contributed by atoms with van der Waals surface area (Å²) >= 11 is 3.20. The van der Waals surface area contributed by atoms with E-state index in [0.717, 1.165) is 25.7 Å². The summed E-state index contributed by atoms with van der Waals surface area (Å²) in [7, 11) is 0. The van der Waals surface area contributed by atoms with Crippen molar-refractivity contribution in [2.75, 3.05) is 0 Å². The van der Waals surface area contributed by atoms with Gasteiger partial charge in [-0.1, -0.05) is 12.8 Å². The SMILES string of the molecule is CC(OC(=O)c1cc(Br)c[nH]1)C(=O)NC(=O)NC1CCCC1. The number of nitrogens with one attached hydrogen (secondary N) is 3. The summed E-state index contributed by atoms with van der Waals surface area (Å²) in [6.45, 7) is 1.41. The largest absolute Gasteiger partial charge is 0.448 e. The molecule has 1 aromatic rings. The lowest BCUT2D eigenvalue weighted by molar-refractivity contribution is -0.127. The fraction of sp³-hybridized carbons (Fsp3) is 0.500. The molecule has 3 amide bonds. The molecule has 2 rings (SSSR count). The van der Waals surface area contributed by atoms with Crippen LogP contribution in [0.25, 0.3) is 0 Å². The number of aromatic amines is 1. The molecule has 7 nitrogen and oxygen atoms in total. The van der Waals surface area contributed by atoms with Gasteiger partial charge < -0.3 is 15.0 Å². The first-order valence-corrected chi connectivity index (χ1v) is 7.91. The van der Waals surface area contributed by atoms with Gasteiger partial charge in [0, 0.05) is 16.7 Å². The first kappa shape index (κ1) is 16.5. The summed E-state index contributed by atoms with van der Waals surface area (Å²) in [5, 5.41) is 4.91. The van der Waals surface area contributed by atoms with Gasteiger partial charge in [0.2, 0.25) is 0 Å². The molecular formula is C14H18BrN3O4. The van der Waals surface area contributed by atoms with Crippen molar-refractivity contribution in [1.82, 2.24) is 15.6 Å². The van der Waals surface area contributed by atoms with E-state index in [4.69, 9.17) is 4.74 Å². The smallest absolute Gasteiger partial charge is 0.355 e. The van der Waals surface area contributed by atoms with Crippen LogP contribution in [0.2, 0.25) is 0 Å². The summed E-state index contributed by atoms with van der Waals surface area (Å²) in [5.74, 6) is -1.32. The Kier molecular flexibility index (Phi) is 5.59. The van der Waals surface area contributed by atoms with E-state index in [1.165, 1.54) is 6.92 Å². The maximum atomic E-state index is 11.8. The average molecular weight is 372 g/mol. The molecule has 1 aliphatic carbocycles. The van der Waals surface area contributed by atoms with Gasteiger partial charge in [-0.05, 0) is 41.8 Å². The molecule has 0 spiro atoms. The molecule has 0 radical (unpaired) electrons. The lowest BCUT2D eigenvalue weighted by Crippen LogP contribution is -2.47. The van der Waals surface area contributed by atoms with Gasteiger partial charge in [0.15, 0.2) is 6.10 Å². The zero-order valence-electron chi connectivity index (χ0n) is 12.1. The Labute approximate surface area is 136 Å². The maximum absolute atomic E-state index is 11.8. The van der Waals surface area contributed by atoms with Crippen LogP contribution in [-0.2, 0) is 9.53 Å². The predicted octanol–water partition coefficient (Wildman–Crippen LogP) is 2.09. The number of imide groups is 1. The van der Waals surface area contributed by atoms with E-state index in [1.54, 1.807) is 12.3 Å². The van der Waals surface area contributed by atoms with Crippen molar-refractivity contribution in [3.05, 3.63) is 22.4 Å². The predicted molar refractivity (Wildman–Crippen MR) is 82.3 cm³/mol. The highest BCUT2D eigenvalue weighted by Gasteiger charge is 2.23. The first-order valence-electron chi connectivity index (χ1n) is 7.12. The van der Waals surface area contributed by atoms with E-state index in [-0.39, 0.29) is 11.7 Å². The van der Waals surface area contributed by atoms with Crippen molar-refractivity contribution in [3.8, 4) is 0 Å². The Morgan fingerprint density at radius 1 is 1.36 bits per heavy atom. The van der Waals surface area contributed by atoms with Crippen LogP contribution in [0, 0.1) is 0 Å². The van der Waals surface area contributed by atoms with Crippen LogP contribution in [-0.4, -0.2) is 35.0 Å². The molecule has 0 saturated heterocycles. The minimum absolute atomic E-state index is 0.113. The molecule has 0 bridgehead atoms. The number of hydrogen-bond donors (Lipinski definition) is 3. The van der Waals surface area contributed by atoms with Crippen LogP contribution in [0.5, 0.6) is 0 Å². The van der Waals surface area contributed by atoms with Gasteiger partial charge in [-0.25, -0.2) is 9.59 Å². The molecule has 1 unspecified atom stereocenters. The van der Waals surface area contributed by atoms with Gasteiger partial charge in [-0.15, -0.1) is 0 Å². The second-order valence-corrected chi connectivity index (χ2v) is 6.14. The summed E-state index contributed by atoms with van der Waals surface area (Å²) in [6, 6.07) is 1.10. The van der Waals surface area contributed by atoms with Crippen LogP contribution in [0.15, 0.2) is 16.7 Å². The lowest BCUT2D eigenvalue weighted by Gasteiger charge is -2.15. The molecule has 3 N–H and O–H groups in total. The van der Waals surface area contributed by atoms with Gasteiger partial charge >= 0.3 is 12.0 Å². The Hall–Kier alpha value is -1.83. The molecule has 1 atom stereocenters. The molecule has 8 heteroatoms. The second kappa shape index (κ2) is 7.44. The maximum Gasteiger partial charge on any atom is 0.355 e. The molecule has 0 aromatic carbocycles. The monoisotopic (exact) mass is 371 g/mol. The van der Waals surface area contributed by atoms with E-state index >= 15 is 0 Å². The number of aromatic nitrogens is 1. The van der Waals surface area contributed by atoms with Crippen molar-refractivity contribution >= 4 is 33.8 Å². The molecule has 1 fully saturated rings. The molecule has 0 aliphatic heterocycles. The van der Waals surface area contributed by atoms with Crippen LogP contribution in [0.3, 0.4) is 0 Å². The van der Waals surface area contributed by atoms with Crippen molar-refractivity contribution in [2.24, 2.45) is 0 Å². The van der Waals surface area contributed by atoms with E-state index in [9.17, 15) is 14.4 Å². The number of hydrogen-bond acceptors (Lipinski definition) is 4. The molecule has 120 valence electrons.